The molecule has 0 aliphatic heterocycles. The van der Waals surface area contributed by atoms with Crippen molar-refractivity contribution in [2.45, 2.75) is 33.6 Å². The van der Waals surface area contributed by atoms with E-state index in [0.29, 0.717) is 17.4 Å². The van der Waals surface area contributed by atoms with Crippen LogP contribution >= 0.6 is 11.6 Å². The molecule has 0 aliphatic carbocycles. The molecule has 2 rings (SSSR count). The second-order valence-corrected chi connectivity index (χ2v) is 4.57. The van der Waals surface area contributed by atoms with E-state index in [1.807, 2.05) is 18.2 Å². The summed E-state index contributed by atoms with van der Waals surface area (Å²) in [5.74, 6) is 0.867. The minimum absolute atomic E-state index is 0.395. The van der Waals surface area contributed by atoms with Gasteiger partial charge >= 0.3 is 0 Å². The average molecular weight is 269 g/mol. The van der Waals surface area contributed by atoms with Gasteiger partial charge < -0.3 is 4.74 Å². The maximum atomic E-state index is 6.07. The van der Waals surface area contributed by atoms with Gasteiger partial charge in [-0.25, -0.2) is 4.98 Å². The van der Waals surface area contributed by atoms with Crippen LogP contribution in [0.3, 0.4) is 0 Å². The van der Waals surface area contributed by atoms with E-state index in [2.05, 4.69) is 22.1 Å². The molecule has 5 nitrogen and oxygen atoms in total. The highest BCUT2D eigenvalue weighted by Gasteiger charge is 2.13. The molecule has 0 saturated carbocycles. The lowest BCUT2D eigenvalue weighted by molar-refractivity contribution is 0.136. The van der Waals surface area contributed by atoms with Crippen LogP contribution in [0, 0.1) is 13.8 Å². The molecule has 6 heteroatoms. The highest BCUT2D eigenvalue weighted by Crippen LogP contribution is 2.18. The Bertz CT molecular complexity index is 552. The van der Waals surface area contributed by atoms with E-state index in [0.717, 1.165) is 36.7 Å². The molecule has 2 aromatic rings. The second-order valence-electron chi connectivity index (χ2n) is 4.21. The van der Waals surface area contributed by atoms with Crippen LogP contribution < -0.4 is 0 Å². The van der Waals surface area contributed by atoms with E-state index in [9.17, 15) is 0 Å². The molecule has 0 aliphatic rings. The number of halogens is 1. The van der Waals surface area contributed by atoms with Gasteiger partial charge in [-0.1, -0.05) is 18.5 Å². The van der Waals surface area contributed by atoms with E-state index in [4.69, 9.17) is 16.3 Å². The third-order valence-electron chi connectivity index (χ3n) is 2.86. The van der Waals surface area contributed by atoms with Gasteiger partial charge in [0.15, 0.2) is 10.8 Å². The minimum Gasteiger partial charge on any atom is -0.381 e. The topological polar surface area (TPSA) is 52.3 Å². The number of rotatable bonds is 5. The fourth-order valence-electron chi connectivity index (χ4n) is 1.81. The Labute approximate surface area is 111 Å². The zero-order chi connectivity index (χ0) is 13.1. The smallest absolute Gasteiger partial charge is 0.198 e. The van der Waals surface area contributed by atoms with Gasteiger partial charge in [-0.2, -0.15) is 0 Å². The van der Waals surface area contributed by atoms with Crippen molar-refractivity contribution in [2.24, 2.45) is 0 Å². The first kappa shape index (κ1) is 13.2. The number of ether oxygens (including phenoxy) is 1. The summed E-state index contributed by atoms with van der Waals surface area (Å²) in [6.45, 7) is 7.43. The van der Waals surface area contributed by atoms with E-state index >= 15 is 0 Å². The fourth-order valence-corrected chi connectivity index (χ4v) is 2.06. The van der Waals surface area contributed by atoms with Gasteiger partial charge in [0, 0.05) is 18.7 Å². The molecule has 0 saturated heterocycles. The summed E-state index contributed by atoms with van der Waals surface area (Å²) in [5, 5.41) is 8.64. The monoisotopic (exact) mass is 268 g/mol. The van der Waals surface area contributed by atoms with Crippen LogP contribution in [-0.4, -0.2) is 32.8 Å². The normalized spacial score (nSPS) is 11.3. The first-order valence-electron chi connectivity index (χ1n) is 6.09. The molecule has 98 valence electrons. The Hall–Kier alpha value is -1.20. The van der Waals surface area contributed by atoms with E-state index in [1.54, 1.807) is 0 Å². The van der Waals surface area contributed by atoms with Crippen LogP contribution in [0.15, 0.2) is 0 Å². The first-order chi connectivity index (χ1) is 8.65. The molecular weight excluding hydrogens is 252 g/mol. The van der Waals surface area contributed by atoms with Gasteiger partial charge in [0.2, 0.25) is 0 Å². The first-order valence-corrected chi connectivity index (χ1v) is 6.47. The molecule has 0 atom stereocenters. The lowest BCUT2D eigenvalue weighted by Crippen LogP contribution is -2.07. The largest absolute Gasteiger partial charge is 0.381 e. The number of aromatic nitrogens is 4. The Balaban J connectivity index is 2.29. The zero-order valence-corrected chi connectivity index (χ0v) is 11.7. The molecule has 0 spiro atoms. The highest BCUT2D eigenvalue weighted by molar-refractivity contribution is 6.32. The molecule has 18 heavy (non-hydrogen) atoms. The second kappa shape index (κ2) is 5.63. The molecule has 0 amide bonds. The highest BCUT2D eigenvalue weighted by atomic mass is 35.5. The van der Waals surface area contributed by atoms with Gasteiger partial charge in [-0.3, -0.25) is 4.40 Å². The fraction of sp³-hybridized carbons (Fsp3) is 0.583. The van der Waals surface area contributed by atoms with Crippen LogP contribution in [0.4, 0.5) is 0 Å². The summed E-state index contributed by atoms with van der Waals surface area (Å²) < 4.78 is 7.43. The molecule has 0 bridgehead atoms. The maximum Gasteiger partial charge on any atom is 0.198 e. The SMILES string of the molecule is CCCOCCc1nnc2c(Cl)nc(C)c(C)n12. The minimum atomic E-state index is 0.395. The summed E-state index contributed by atoms with van der Waals surface area (Å²) >= 11 is 6.07. The van der Waals surface area contributed by atoms with Crippen molar-refractivity contribution in [3.8, 4) is 0 Å². The number of hydrogen-bond donors (Lipinski definition) is 0. The summed E-state index contributed by atoms with van der Waals surface area (Å²) in [7, 11) is 0. The average Bonchev–Trinajstić information content (AvgIpc) is 2.76. The molecule has 0 N–H and O–H groups in total. The van der Waals surface area contributed by atoms with Gasteiger partial charge in [0.25, 0.3) is 0 Å². The number of fused-ring (bicyclic) bond motifs is 1. The lowest BCUT2D eigenvalue weighted by atomic mass is 10.3. The maximum absolute atomic E-state index is 6.07. The summed E-state index contributed by atoms with van der Waals surface area (Å²) in [4.78, 5) is 4.24. The third-order valence-corrected chi connectivity index (χ3v) is 3.11. The van der Waals surface area contributed by atoms with Crippen LogP contribution in [0.5, 0.6) is 0 Å². The van der Waals surface area contributed by atoms with Crippen molar-refractivity contribution in [3.63, 3.8) is 0 Å². The third kappa shape index (κ3) is 2.47. The van der Waals surface area contributed by atoms with Gasteiger partial charge in [-0.15, -0.1) is 10.2 Å². The number of nitrogens with zero attached hydrogens (tertiary/aromatic N) is 4. The number of aryl methyl sites for hydroxylation is 2. The number of hydrogen-bond acceptors (Lipinski definition) is 4. The van der Waals surface area contributed by atoms with Crippen molar-refractivity contribution in [1.82, 2.24) is 19.6 Å². The molecular formula is C12H17ClN4O. The Morgan fingerprint density at radius 2 is 2.00 bits per heavy atom. The molecule has 0 radical (unpaired) electrons. The van der Waals surface area contributed by atoms with Crippen molar-refractivity contribution >= 4 is 17.2 Å². The van der Waals surface area contributed by atoms with Crippen LogP contribution in [0.2, 0.25) is 5.15 Å². The van der Waals surface area contributed by atoms with Crippen molar-refractivity contribution in [3.05, 3.63) is 22.4 Å². The Morgan fingerprint density at radius 3 is 2.72 bits per heavy atom. The van der Waals surface area contributed by atoms with Gasteiger partial charge in [-0.05, 0) is 20.3 Å². The Morgan fingerprint density at radius 1 is 1.22 bits per heavy atom. The zero-order valence-electron chi connectivity index (χ0n) is 10.9. The van der Waals surface area contributed by atoms with Crippen molar-refractivity contribution in [2.75, 3.05) is 13.2 Å². The molecule has 0 aromatic carbocycles. The summed E-state index contributed by atoms with van der Waals surface area (Å²) in [5.41, 5.74) is 2.53. The standard InChI is InChI=1S/C12H17ClN4O/c1-4-6-18-7-5-10-15-16-12-11(13)14-8(2)9(3)17(10)12/h4-7H2,1-3H3. The molecule has 0 fully saturated rings. The van der Waals surface area contributed by atoms with Crippen LogP contribution in [0.25, 0.3) is 5.65 Å². The van der Waals surface area contributed by atoms with E-state index in [1.165, 1.54) is 0 Å². The molecule has 2 heterocycles. The van der Waals surface area contributed by atoms with E-state index < -0.39 is 0 Å². The molecule has 2 aromatic heterocycles. The molecule has 0 unspecified atom stereocenters. The van der Waals surface area contributed by atoms with Gasteiger partial charge in [0.1, 0.15) is 5.82 Å². The van der Waals surface area contributed by atoms with Crippen LogP contribution in [-0.2, 0) is 11.2 Å². The van der Waals surface area contributed by atoms with E-state index in [-0.39, 0.29) is 0 Å². The summed E-state index contributed by atoms with van der Waals surface area (Å²) in [6.07, 6.45) is 1.75. The predicted octanol–water partition coefficient (Wildman–Crippen LogP) is 2.36. The lowest BCUT2D eigenvalue weighted by Gasteiger charge is -2.07. The van der Waals surface area contributed by atoms with Crippen molar-refractivity contribution in [1.29, 1.82) is 0 Å². The summed E-state index contributed by atoms with van der Waals surface area (Å²) in [6, 6.07) is 0. The Kier molecular flexibility index (Phi) is 4.14. The van der Waals surface area contributed by atoms with Crippen molar-refractivity contribution < 1.29 is 4.74 Å². The van der Waals surface area contributed by atoms with Gasteiger partial charge in [0.05, 0.1) is 12.3 Å². The predicted molar refractivity (Wildman–Crippen MR) is 70.1 cm³/mol. The quantitative estimate of drug-likeness (QED) is 0.781. The van der Waals surface area contributed by atoms with Crippen LogP contribution in [0.1, 0.15) is 30.6 Å².